The molecule has 2 aromatic rings. The number of unbranched alkanes of at least 4 members (excludes halogenated alkanes) is 4. The Balaban J connectivity index is 3.03. The largest absolute Gasteiger partial charge is 0.441 e. The Hall–Kier alpha value is -2.08. The Labute approximate surface area is 241 Å². The third-order valence-electron chi connectivity index (χ3n) is 6.06. The molecular weight excluding hydrogens is 658 g/mol. The Morgan fingerprint density at radius 2 is 1.03 bits per heavy atom. The van der Waals surface area contributed by atoms with Crippen LogP contribution in [0.3, 0.4) is 0 Å². The molecule has 0 saturated heterocycles. The number of hydrogen-bond donors (Lipinski definition) is 0. The number of alkyl halides is 6. The van der Waals surface area contributed by atoms with E-state index < -0.39 is 54.0 Å². The lowest BCUT2D eigenvalue weighted by Gasteiger charge is -2.51. The molecule has 0 atom stereocenters. The molecule has 0 aliphatic carbocycles. The first-order chi connectivity index (χ1) is 18.2. The van der Waals surface area contributed by atoms with E-state index in [0.717, 1.165) is 24.3 Å². The molecule has 0 radical (unpaired) electrons. The minimum atomic E-state index is -6.16. The van der Waals surface area contributed by atoms with Crippen LogP contribution in [-0.4, -0.2) is 29.8 Å². The number of nitrogens with zero attached hydrogens (tertiary/aromatic N) is 2. The lowest BCUT2D eigenvalue weighted by atomic mass is 9.98. The summed E-state index contributed by atoms with van der Waals surface area (Å²) in [4.78, 5) is 26.5. The highest BCUT2D eigenvalue weighted by atomic mass is 79.9. The molecule has 0 bridgehead atoms. The Bertz CT molecular complexity index is 1040. The molecule has 216 valence electrons. The van der Waals surface area contributed by atoms with E-state index in [0.29, 0.717) is 25.7 Å². The molecule has 0 saturated carbocycles. The molecule has 0 aliphatic rings. The highest BCUT2D eigenvalue weighted by molar-refractivity contribution is 9.10. The van der Waals surface area contributed by atoms with Gasteiger partial charge in [0, 0.05) is 33.2 Å². The van der Waals surface area contributed by atoms with Crippen molar-refractivity contribution in [3.05, 3.63) is 57.5 Å². The average Bonchev–Trinajstić information content (AvgIpc) is 2.82. The summed E-state index contributed by atoms with van der Waals surface area (Å²) in [6.45, 7) is 3.58. The van der Waals surface area contributed by atoms with Crippen molar-refractivity contribution in [2.24, 2.45) is 0 Å². The van der Waals surface area contributed by atoms with E-state index >= 15 is 26.3 Å². The monoisotopic (exact) mass is 686 g/mol. The van der Waals surface area contributed by atoms with E-state index in [2.05, 4.69) is 31.9 Å². The van der Waals surface area contributed by atoms with Crippen molar-refractivity contribution >= 4 is 55.0 Å². The fraction of sp³-hybridized carbons (Fsp3) is 0.481. The van der Waals surface area contributed by atoms with Crippen LogP contribution in [0.15, 0.2) is 57.5 Å². The van der Waals surface area contributed by atoms with Gasteiger partial charge in [-0.2, -0.15) is 26.3 Å². The van der Waals surface area contributed by atoms with Gasteiger partial charge in [0.05, 0.1) is 0 Å². The predicted octanol–water partition coefficient (Wildman–Crippen LogP) is 9.56. The fourth-order valence-electron chi connectivity index (χ4n) is 4.30. The molecule has 2 aromatic carbocycles. The first kappa shape index (κ1) is 33.1. The van der Waals surface area contributed by atoms with Gasteiger partial charge in [-0.05, 0) is 49.2 Å². The molecule has 0 aromatic heterocycles. The van der Waals surface area contributed by atoms with Gasteiger partial charge in [0.2, 0.25) is 11.8 Å². The van der Waals surface area contributed by atoms with E-state index in [1.165, 1.54) is 24.3 Å². The average molecular weight is 688 g/mol. The minimum absolute atomic E-state index is 0.0764. The normalized spacial score (nSPS) is 12.4. The molecule has 39 heavy (non-hydrogen) atoms. The number of carbonyl (C=O) groups excluding carboxylic acids is 2. The third-order valence-corrected chi connectivity index (χ3v) is 7.04. The summed E-state index contributed by atoms with van der Waals surface area (Å²) in [5, 5.41) is 0. The van der Waals surface area contributed by atoms with Gasteiger partial charge in [-0.1, -0.05) is 83.5 Å². The lowest BCUT2D eigenvalue weighted by molar-refractivity contribution is -0.295. The summed E-state index contributed by atoms with van der Waals surface area (Å²) >= 11 is 6.17. The summed E-state index contributed by atoms with van der Waals surface area (Å²) in [5.74, 6) is -2.81. The SMILES string of the molecule is CCCCCC(=O)N(c1cccc(Br)c1)C(N(C(=O)CCCCC)c1cccc(Br)c1)(C(F)(F)F)C(F)(F)F. The molecular formula is C27H30Br2F6N2O2. The van der Waals surface area contributed by atoms with Crippen LogP contribution in [0.2, 0.25) is 0 Å². The first-order valence-electron chi connectivity index (χ1n) is 12.5. The van der Waals surface area contributed by atoms with Crippen molar-refractivity contribution in [2.45, 2.75) is 83.2 Å². The zero-order valence-electron chi connectivity index (χ0n) is 21.5. The molecule has 0 N–H and O–H groups in total. The van der Waals surface area contributed by atoms with Crippen LogP contribution in [0.25, 0.3) is 0 Å². The van der Waals surface area contributed by atoms with E-state index in [4.69, 9.17) is 0 Å². The van der Waals surface area contributed by atoms with Crippen molar-refractivity contribution in [2.75, 3.05) is 9.80 Å². The zero-order valence-corrected chi connectivity index (χ0v) is 24.7. The zero-order chi connectivity index (χ0) is 29.4. The van der Waals surface area contributed by atoms with Crippen molar-refractivity contribution in [1.82, 2.24) is 0 Å². The van der Waals surface area contributed by atoms with Crippen molar-refractivity contribution in [3.8, 4) is 0 Å². The van der Waals surface area contributed by atoms with Crippen LogP contribution in [0, 0.1) is 0 Å². The third kappa shape index (κ3) is 7.56. The lowest BCUT2D eigenvalue weighted by Crippen LogP contribution is -2.79. The summed E-state index contributed by atoms with van der Waals surface area (Å²) in [7, 11) is 0. The van der Waals surface area contributed by atoms with Crippen LogP contribution < -0.4 is 9.80 Å². The maximum atomic E-state index is 15.3. The summed E-state index contributed by atoms with van der Waals surface area (Å²) in [6.07, 6.45) is -11.3. The number of hydrogen-bond acceptors (Lipinski definition) is 2. The van der Waals surface area contributed by atoms with Gasteiger partial charge in [0.25, 0.3) is 0 Å². The van der Waals surface area contributed by atoms with Crippen molar-refractivity contribution < 1.29 is 35.9 Å². The number of halogens is 8. The first-order valence-corrected chi connectivity index (χ1v) is 14.1. The Morgan fingerprint density at radius 1 is 0.667 bits per heavy atom. The summed E-state index contributed by atoms with van der Waals surface area (Å²) in [5.41, 5.74) is -6.34. The summed E-state index contributed by atoms with van der Waals surface area (Å²) in [6, 6.07) is 9.29. The number of anilines is 2. The highest BCUT2D eigenvalue weighted by Gasteiger charge is 2.80. The van der Waals surface area contributed by atoms with Gasteiger partial charge in [0.15, 0.2) is 0 Å². The van der Waals surface area contributed by atoms with Gasteiger partial charge in [-0.3, -0.25) is 19.4 Å². The van der Waals surface area contributed by atoms with E-state index in [1.807, 2.05) is 0 Å². The van der Waals surface area contributed by atoms with Gasteiger partial charge >= 0.3 is 18.0 Å². The second-order valence-corrected chi connectivity index (χ2v) is 10.8. The van der Waals surface area contributed by atoms with E-state index in [9.17, 15) is 9.59 Å². The Kier molecular flexibility index (Phi) is 11.9. The number of rotatable bonds is 12. The standard InChI is InChI=1S/C27H30Br2F6N2O2/c1-3-5-7-15-23(38)36(21-13-9-11-19(28)17-21)25(26(30,31)32,27(33,34)35)37(24(39)16-8-6-4-2)22-14-10-12-20(29)18-22/h9-14,17-18H,3-8,15-16H2,1-2H3. The minimum Gasteiger partial charge on any atom is -0.274 e. The molecule has 4 nitrogen and oxygen atoms in total. The van der Waals surface area contributed by atoms with Crippen molar-refractivity contribution in [3.63, 3.8) is 0 Å². The summed E-state index contributed by atoms with van der Waals surface area (Å²) < 4.78 is 92.2. The molecule has 0 heterocycles. The molecule has 0 spiro atoms. The maximum Gasteiger partial charge on any atom is 0.441 e. The van der Waals surface area contributed by atoms with Crippen molar-refractivity contribution in [1.29, 1.82) is 0 Å². The van der Waals surface area contributed by atoms with Gasteiger partial charge in [-0.25, -0.2) is 0 Å². The van der Waals surface area contributed by atoms with Crippen LogP contribution in [-0.2, 0) is 9.59 Å². The molecule has 2 rings (SSSR count). The molecule has 0 unspecified atom stereocenters. The molecule has 12 heteroatoms. The van der Waals surface area contributed by atoms with E-state index in [-0.39, 0.29) is 31.6 Å². The second-order valence-electron chi connectivity index (χ2n) is 9.00. The van der Waals surface area contributed by atoms with Gasteiger partial charge in [0.1, 0.15) is 0 Å². The quantitative estimate of drug-likeness (QED) is 0.127. The highest BCUT2D eigenvalue weighted by Crippen LogP contribution is 2.53. The number of benzene rings is 2. The Morgan fingerprint density at radius 3 is 1.31 bits per heavy atom. The number of carbonyl (C=O) groups is 2. The maximum absolute atomic E-state index is 15.3. The fourth-order valence-corrected chi connectivity index (χ4v) is 5.07. The van der Waals surface area contributed by atoms with Gasteiger partial charge in [-0.15, -0.1) is 0 Å². The molecule has 2 amide bonds. The molecule has 0 fully saturated rings. The number of amides is 2. The van der Waals surface area contributed by atoms with E-state index in [1.54, 1.807) is 13.8 Å². The van der Waals surface area contributed by atoms with Crippen LogP contribution in [0.1, 0.15) is 65.2 Å². The predicted molar refractivity (Wildman–Crippen MR) is 146 cm³/mol. The smallest absolute Gasteiger partial charge is 0.274 e. The second kappa shape index (κ2) is 14.0. The van der Waals surface area contributed by atoms with Gasteiger partial charge < -0.3 is 0 Å². The van der Waals surface area contributed by atoms with Crippen LogP contribution >= 0.6 is 31.9 Å². The van der Waals surface area contributed by atoms with Crippen LogP contribution in [0.5, 0.6) is 0 Å². The van der Waals surface area contributed by atoms with Crippen LogP contribution in [0.4, 0.5) is 37.7 Å². The molecule has 0 aliphatic heterocycles. The topological polar surface area (TPSA) is 40.6 Å².